The number of aliphatic hydroxyl groups is 1. The van der Waals surface area contributed by atoms with Crippen molar-refractivity contribution in [2.75, 3.05) is 0 Å². The van der Waals surface area contributed by atoms with Gasteiger partial charge >= 0.3 is 0 Å². The Morgan fingerprint density at radius 1 is 1.00 bits per heavy atom. The largest absolute Gasteiger partial charge is 0.511 e. The van der Waals surface area contributed by atoms with E-state index in [0.29, 0.717) is 23.8 Å². The molecule has 4 heteroatoms. The van der Waals surface area contributed by atoms with Crippen molar-refractivity contribution < 1.29 is 15.3 Å². The van der Waals surface area contributed by atoms with Gasteiger partial charge in [0.15, 0.2) is 11.5 Å². The van der Waals surface area contributed by atoms with E-state index in [1.54, 1.807) is 12.1 Å². The Morgan fingerprint density at radius 2 is 1.75 bits per heavy atom. The van der Waals surface area contributed by atoms with Gasteiger partial charge in [-0.15, -0.1) is 0 Å². The fourth-order valence-corrected chi connectivity index (χ4v) is 3.28. The molecule has 1 atom stereocenters. The van der Waals surface area contributed by atoms with Crippen LogP contribution in [0.2, 0.25) is 0 Å². The van der Waals surface area contributed by atoms with Gasteiger partial charge < -0.3 is 20.6 Å². The van der Waals surface area contributed by atoms with Gasteiger partial charge in [0.05, 0.1) is 6.04 Å². The van der Waals surface area contributed by atoms with Gasteiger partial charge in [0.25, 0.3) is 0 Å². The molecule has 0 aromatic heterocycles. The monoisotopic (exact) mass is 275 g/mol. The van der Waals surface area contributed by atoms with E-state index in [0.717, 1.165) is 12.0 Å². The lowest BCUT2D eigenvalue weighted by Gasteiger charge is -2.21. The summed E-state index contributed by atoms with van der Waals surface area (Å²) in [6.45, 7) is 0. The summed E-state index contributed by atoms with van der Waals surface area (Å²) < 4.78 is 0. The Morgan fingerprint density at radius 3 is 2.50 bits per heavy atom. The molecule has 0 heterocycles. The Labute approximate surface area is 118 Å². The number of nitrogens with one attached hydrogen (secondary N) is 1. The summed E-state index contributed by atoms with van der Waals surface area (Å²) in [5, 5.41) is 33.3. The zero-order chi connectivity index (χ0) is 14.1. The highest BCUT2D eigenvalue weighted by molar-refractivity contribution is 5.63. The van der Waals surface area contributed by atoms with Gasteiger partial charge in [0.2, 0.25) is 0 Å². The first-order chi connectivity index (χ1) is 9.65. The molecule has 0 saturated heterocycles. The van der Waals surface area contributed by atoms with Gasteiger partial charge in [-0.1, -0.05) is 18.9 Å². The van der Waals surface area contributed by atoms with Crippen LogP contribution in [-0.2, 0) is 6.42 Å². The van der Waals surface area contributed by atoms with Gasteiger partial charge in [0, 0.05) is 11.6 Å². The summed E-state index contributed by atoms with van der Waals surface area (Å²) in [4.78, 5) is 0. The number of hydrogen-bond acceptors (Lipinski definition) is 4. The Bertz CT molecular complexity index is 533. The number of rotatable bonds is 2. The quantitative estimate of drug-likeness (QED) is 0.626. The predicted octanol–water partition coefficient (Wildman–Crippen LogP) is 2.84. The summed E-state index contributed by atoms with van der Waals surface area (Å²) >= 11 is 0. The van der Waals surface area contributed by atoms with Crippen LogP contribution < -0.4 is 5.32 Å². The van der Waals surface area contributed by atoms with Gasteiger partial charge in [-0.3, -0.25) is 0 Å². The molecular weight excluding hydrogens is 254 g/mol. The second kappa shape index (κ2) is 5.37. The molecule has 4 nitrogen and oxygen atoms in total. The molecule has 2 aliphatic rings. The number of phenols is 2. The van der Waals surface area contributed by atoms with Crippen LogP contribution in [-0.4, -0.2) is 27.4 Å². The molecule has 0 aliphatic heterocycles. The van der Waals surface area contributed by atoms with E-state index >= 15 is 0 Å². The second-order valence-corrected chi connectivity index (χ2v) is 5.81. The van der Waals surface area contributed by atoms with Gasteiger partial charge in [-0.2, -0.15) is 0 Å². The lowest BCUT2D eigenvalue weighted by Crippen LogP contribution is -2.38. The third-order valence-electron chi connectivity index (χ3n) is 4.43. The van der Waals surface area contributed by atoms with E-state index in [1.807, 2.05) is 0 Å². The molecule has 0 bridgehead atoms. The predicted molar refractivity (Wildman–Crippen MR) is 77.9 cm³/mol. The molecule has 1 aromatic carbocycles. The van der Waals surface area contributed by atoms with Gasteiger partial charge in [-0.25, -0.2) is 0 Å². The third-order valence-corrected chi connectivity index (χ3v) is 4.43. The molecule has 0 spiro atoms. The Kier molecular flexibility index (Phi) is 3.57. The zero-order valence-electron chi connectivity index (χ0n) is 11.5. The molecule has 0 radical (unpaired) electrons. The highest BCUT2D eigenvalue weighted by atomic mass is 16.3. The van der Waals surface area contributed by atoms with Crippen LogP contribution in [0.1, 0.15) is 43.2 Å². The first kappa shape index (κ1) is 13.3. The van der Waals surface area contributed by atoms with E-state index < -0.39 is 0 Å². The summed E-state index contributed by atoms with van der Waals surface area (Å²) in [5.74, 6) is 0.160. The summed E-state index contributed by atoms with van der Waals surface area (Å²) in [5.41, 5.74) is 1.50. The maximum Gasteiger partial charge on any atom is 0.161 e. The smallest absolute Gasteiger partial charge is 0.161 e. The maximum absolute atomic E-state index is 10.3. The van der Waals surface area contributed by atoms with Crippen LogP contribution in [0.4, 0.5) is 0 Å². The normalized spacial score (nSPS) is 23.2. The number of fused-ring (bicyclic) bond motifs is 1. The van der Waals surface area contributed by atoms with E-state index in [1.165, 1.54) is 31.7 Å². The summed E-state index contributed by atoms with van der Waals surface area (Å²) in [6.07, 6.45) is 7.91. The zero-order valence-corrected chi connectivity index (χ0v) is 11.5. The first-order valence-electron chi connectivity index (χ1n) is 7.35. The average Bonchev–Trinajstić information content (AvgIpc) is 2.88. The lowest BCUT2D eigenvalue weighted by molar-refractivity contribution is 0.316. The number of benzene rings is 1. The van der Waals surface area contributed by atoms with E-state index in [2.05, 4.69) is 5.32 Å². The summed E-state index contributed by atoms with van der Waals surface area (Å²) in [6, 6.07) is 3.62. The van der Waals surface area contributed by atoms with Crippen molar-refractivity contribution >= 4 is 6.08 Å². The molecule has 20 heavy (non-hydrogen) atoms. The van der Waals surface area contributed by atoms with Crippen molar-refractivity contribution in [3.63, 3.8) is 0 Å². The molecular formula is C16H21NO3. The Balaban J connectivity index is 1.82. The molecule has 4 N–H and O–H groups in total. The topological polar surface area (TPSA) is 72.7 Å². The second-order valence-electron chi connectivity index (χ2n) is 5.81. The van der Waals surface area contributed by atoms with Gasteiger partial charge in [-0.05, 0) is 43.4 Å². The average molecular weight is 275 g/mol. The lowest BCUT2D eigenvalue weighted by atomic mass is 10.0. The minimum atomic E-state index is -0.0983. The van der Waals surface area contributed by atoms with Crippen LogP contribution in [0, 0.1) is 0 Å². The molecule has 108 valence electrons. The first-order valence-corrected chi connectivity index (χ1v) is 7.35. The number of phenolic OH excluding ortho intramolecular Hbond substituents is 2. The van der Waals surface area contributed by atoms with Crippen LogP contribution >= 0.6 is 0 Å². The van der Waals surface area contributed by atoms with Crippen molar-refractivity contribution in [1.82, 2.24) is 5.32 Å². The molecule has 1 fully saturated rings. The third kappa shape index (κ3) is 2.48. The number of hydrogen-bond donors (Lipinski definition) is 4. The van der Waals surface area contributed by atoms with Crippen molar-refractivity contribution in [1.29, 1.82) is 0 Å². The van der Waals surface area contributed by atoms with Crippen LogP contribution in [0.25, 0.3) is 6.08 Å². The van der Waals surface area contributed by atoms with Crippen molar-refractivity contribution in [3.8, 4) is 11.5 Å². The van der Waals surface area contributed by atoms with E-state index in [4.69, 9.17) is 0 Å². The van der Waals surface area contributed by atoms with Gasteiger partial charge in [0.1, 0.15) is 5.76 Å². The standard InChI is InChI=1S/C16H21NO3/c18-14-8-5-10-9-15(19)13(7-6-12(10)16(14)20)17-11-3-1-2-4-11/h5,8-9,11,13,17-20H,1-4,6-7H2/t13-/m1/s1. The SMILES string of the molecule is OC1=Cc2ccc(O)c(O)c2CC[C@H]1NC1CCCC1. The minimum absolute atomic E-state index is 0.0620. The van der Waals surface area contributed by atoms with Crippen molar-refractivity contribution in [2.24, 2.45) is 0 Å². The number of aromatic hydroxyl groups is 2. The highest BCUT2D eigenvalue weighted by Crippen LogP contribution is 2.35. The number of aliphatic hydroxyl groups excluding tert-OH is 1. The van der Waals surface area contributed by atoms with Crippen LogP contribution in [0.3, 0.4) is 0 Å². The van der Waals surface area contributed by atoms with E-state index in [9.17, 15) is 15.3 Å². The summed E-state index contributed by atoms with van der Waals surface area (Å²) in [7, 11) is 0. The van der Waals surface area contributed by atoms with Crippen molar-refractivity contribution in [3.05, 3.63) is 29.0 Å². The molecule has 1 saturated carbocycles. The highest BCUT2D eigenvalue weighted by Gasteiger charge is 2.25. The molecule has 2 aliphatic carbocycles. The molecule has 0 amide bonds. The Hall–Kier alpha value is -1.68. The van der Waals surface area contributed by atoms with Crippen LogP contribution in [0.5, 0.6) is 11.5 Å². The molecule has 1 aromatic rings. The van der Waals surface area contributed by atoms with Crippen LogP contribution in [0.15, 0.2) is 17.9 Å². The molecule has 3 rings (SSSR count). The fourth-order valence-electron chi connectivity index (χ4n) is 3.28. The molecule has 0 unspecified atom stereocenters. The van der Waals surface area contributed by atoms with Crippen molar-refractivity contribution in [2.45, 2.75) is 50.6 Å². The fraction of sp³-hybridized carbons (Fsp3) is 0.500. The van der Waals surface area contributed by atoms with E-state index in [-0.39, 0.29) is 17.5 Å². The maximum atomic E-state index is 10.3. The minimum Gasteiger partial charge on any atom is -0.511 e.